The predicted molar refractivity (Wildman–Crippen MR) is 91.7 cm³/mol. The molecule has 2 rings (SSSR count). The summed E-state index contributed by atoms with van der Waals surface area (Å²) < 4.78 is 0.419. The largest absolute Gasteiger partial charge is 0.618 e. The van der Waals surface area contributed by atoms with Crippen molar-refractivity contribution in [2.75, 3.05) is 0 Å². The lowest BCUT2D eigenvalue weighted by atomic mass is 10.0. The van der Waals surface area contributed by atoms with Gasteiger partial charge in [-0.3, -0.25) is 0 Å². The van der Waals surface area contributed by atoms with Crippen LogP contribution >= 0.6 is 23.2 Å². The number of rotatable bonds is 3. The molecule has 1 aromatic carbocycles. The molecule has 0 bridgehead atoms. The molecule has 1 heterocycles. The van der Waals surface area contributed by atoms with Gasteiger partial charge in [-0.2, -0.15) is 4.73 Å². The van der Waals surface area contributed by atoms with E-state index in [1.54, 1.807) is 20.8 Å². The minimum absolute atomic E-state index is 0.0749. The van der Waals surface area contributed by atoms with E-state index in [4.69, 9.17) is 28.0 Å². The van der Waals surface area contributed by atoms with Crippen molar-refractivity contribution in [1.82, 2.24) is 0 Å². The molecule has 0 fully saturated rings. The Bertz CT molecular complexity index is 781. The number of halogens is 2. The van der Waals surface area contributed by atoms with Crippen LogP contribution in [-0.2, 0) is 4.84 Å². The molecule has 0 unspecified atom stereocenters. The highest BCUT2D eigenvalue weighted by Crippen LogP contribution is 2.32. The molecule has 0 amide bonds. The average molecular weight is 371 g/mol. The molecule has 0 aliphatic heterocycles. The summed E-state index contributed by atoms with van der Waals surface area (Å²) in [6.07, 6.45) is 1.19. The van der Waals surface area contributed by atoms with Crippen LogP contribution < -0.4 is 4.73 Å². The van der Waals surface area contributed by atoms with Crippen LogP contribution in [0.15, 0.2) is 35.6 Å². The van der Waals surface area contributed by atoms with E-state index >= 15 is 0 Å². The van der Waals surface area contributed by atoms with E-state index in [0.29, 0.717) is 4.73 Å². The fourth-order valence-electron chi connectivity index (χ4n) is 1.83. The summed E-state index contributed by atoms with van der Waals surface area (Å²) in [5.41, 5.74) is -0.820. The number of oxime groups is 1. The Morgan fingerprint density at radius 2 is 1.79 bits per heavy atom. The zero-order valence-corrected chi connectivity index (χ0v) is 14.8. The van der Waals surface area contributed by atoms with Crippen LogP contribution in [0.2, 0.25) is 10.0 Å². The van der Waals surface area contributed by atoms with E-state index in [0.717, 1.165) is 0 Å². The predicted octanol–water partition coefficient (Wildman–Crippen LogP) is 3.61. The molecule has 1 aromatic heterocycles. The summed E-state index contributed by atoms with van der Waals surface area (Å²) in [6.45, 7) is 5.29. The maximum atomic E-state index is 12.1. The van der Waals surface area contributed by atoms with Crippen molar-refractivity contribution < 1.29 is 19.8 Å². The maximum absolute atomic E-state index is 12.1. The Morgan fingerprint density at radius 1 is 1.17 bits per heavy atom. The number of pyridine rings is 1. The van der Waals surface area contributed by atoms with Crippen molar-refractivity contribution in [3.8, 4) is 11.5 Å². The summed E-state index contributed by atoms with van der Waals surface area (Å²) in [4.78, 5) is 5.37. The summed E-state index contributed by atoms with van der Waals surface area (Å²) in [5, 5.41) is 36.6. The van der Waals surface area contributed by atoms with E-state index in [-0.39, 0.29) is 38.5 Å². The summed E-state index contributed by atoms with van der Waals surface area (Å²) >= 11 is 11.9. The van der Waals surface area contributed by atoms with Crippen molar-refractivity contribution in [1.29, 1.82) is 0 Å². The standard InChI is InChI=1S/C16H16Cl2N2O4/c1-16(2,3)24-19-14(15-12(21)5-4-6-20(15)23)9-7-10(17)11(18)8-13(9)22/h4-8,21-22H,1-3H3/b19-14-. The first kappa shape index (κ1) is 18.2. The molecule has 0 aliphatic rings. The summed E-state index contributed by atoms with van der Waals surface area (Å²) in [7, 11) is 0. The topological polar surface area (TPSA) is 89.0 Å². The lowest BCUT2D eigenvalue weighted by Gasteiger charge is -2.17. The number of aromatic hydroxyl groups is 2. The number of hydrogen-bond donors (Lipinski definition) is 2. The molecule has 2 N–H and O–H groups in total. The Hall–Kier alpha value is -2.18. The minimum Gasteiger partial charge on any atom is -0.618 e. The van der Waals surface area contributed by atoms with E-state index in [1.165, 1.54) is 30.5 Å². The number of benzene rings is 1. The second kappa shape index (κ2) is 6.75. The normalized spacial score (nSPS) is 12.3. The fraction of sp³-hybridized carbons (Fsp3) is 0.250. The zero-order valence-electron chi connectivity index (χ0n) is 13.2. The number of phenolic OH excluding ortho intramolecular Hbond substituents is 1. The van der Waals surface area contributed by atoms with E-state index in [9.17, 15) is 15.4 Å². The number of nitrogens with zero attached hydrogens (tertiary/aromatic N) is 2. The molecule has 0 saturated carbocycles. The number of phenols is 1. The second-order valence-electron chi connectivity index (χ2n) is 5.99. The smallest absolute Gasteiger partial charge is 0.288 e. The molecular weight excluding hydrogens is 355 g/mol. The van der Waals surface area contributed by atoms with E-state index in [1.807, 2.05) is 0 Å². The van der Waals surface area contributed by atoms with Gasteiger partial charge in [-0.25, -0.2) is 0 Å². The van der Waals surface area contributed by atoms with Gasteiger partial charge in [-0.05, 0) is 32.9 Å². The third-order valence-corrected chi connectivity index (χ3v) is 3.59. The van der Waals surface area contributed by atoms with Gasteiger partial charge in [0.05, 0.1) is 15.6 Å². The first-order chi connectivity index (χ1) is 11.1. The fourth-order valence-corrected chi connectivity index (χ4v) is 2.15. The van der Waals surface area contributed by atoms with Gasteiger partial charge in [0.15, 0.2) is 17.7 Å². The Balaban J connectivity index is 2.72. The Labute approximate surface area is 149 Å². The minimum atomic E-state index is -0.658. The average Bonchev–Trinajstić information content (AvgIpc) is 2.45. The van der Waals surface area contributed by atoms with Gasteiger partial charge >= 0.3 is 0 Å². The van der Waals surface area contributed by atoms with Gasteiger partial charge in [0.25, 0.3) is 5.69 Å². The SMILES string of the molecule is CC(C)(C)O/N=C(/c1cc(Cl)c(Cl)cc1O)c1c(O)ccc[n+]1[O-]. The molecule has 2 aromatic rings. The second-order valence-corrected chi connectivity index (χ2v) is 6.81. The molecule has 24 heavy (non-hydrogen) atoms. The third-order valence-electron chi connectivity index (χ3n) is 2.87. The van der Waals surface area contributed by atoms with E-state index < -0.39 is 5.60 Å². The van der Waals surface area contributed by atoms with Crippen molar-refractivity contribution in [3.63, 3.8) is 0 Å². The van der Waals surface area contributed by atoms with Crippen molar-refractivity contribution in [2.45, 2.75) is 26.4 Å². The Kier molecular flexibility index (Phi) is 5.11. The van der Waals surface area contributed by atoms with Crippen LogP contribution in [0.4, 0.5) is 0 Å². The quantitative estimate of drug-likeness (QED) is 0.373. The van der Waals surface area contributed by atoms with Gasteiger partial charge in [-0.15, -0.1) is 0 Å². The number of aromatic nitrogens is 1. The van der Waals surface area contributed by atoms with Crippen molar-refractivity contribution in [2.24, 2.45) is 5.16 Å². The summed E-state index contributed by atoms with van der Waals surface area (Å²) in [5.74, 6) is -0.585. The molecule has 0 atom stereocenters. The first-order valence-electron chi connectivity index (χ1n) is 6.96. The molecule has 6 nitrogen and oxygen atoms in total. The monoisotopic (exact) mass is 370 g/mol. The molecular formula is C16H16Cl2N2O4. The molecule has 0 radical (unpaired) electrons. The van der Waals surface area contributed by atoms with Crippen LogP contribution in [0, 0.1) is 5.21 Å². The lowest BCUT2D eigenvalue weighted by molar-refractivity contribution is -0.607. The lowest BCUT2D eigenvalue weighted by Crippen LogP contribution is -2.35. The Morgan fingerprint density at radius 3 is 2.38 bits per heavy atom. The molecule has 8 heteroatoms. The van der Waals surface area contributed by atoms with E-state index in [2.05, 4.69) is 5.16 Å². The molecule has 0 saturated heterocycles. The van der Waals surface area contributed by atoms with Gasteiger partial charge in [0, 0.05) is 12.1 Å². The maximum Gasteiger partial charge on any atom is 0.288 e. The van der Waals surface area contributed by atoms with Crippen LogP contribution in [0.1, 0.15) is 32.0 Å². The zero-order chi connectivity index (χ0) is 18.1. The third kappa shape index (κ3) is 4.01. The van der Waals surface area contributed by atoms with Gasteiger partial charge < -0.3 is 20.3 Å². The van der Waals surface area contributed by atoms with Crippen LogP contribution in [-0.4, -0.2) is 21.5 Å². The van der Waals surface area contributed by atoms with Crippen LogP contribution in [0.25, 0.3) is 0 Å². The van der Waals surface area contributed by atoms with Gasteiger partial charge in [0.1, 0.15) is 11.4 Å². The highest BCUT2D eigenvalue weighted by molar-refractivity contribution is 6.42. The highest BCUT2D eigenvalue weighted by atomic mass is 35.5. The first-order valence-corrected chi connectivity index (χ1v) is 7.72. The molecule has 0 aliphatic carbocycles. The molecule has 0 spiro atoms. The van der Waals surface area contributed by atoms with Crippen LogP contribution in [0.5, 0.6) is 11.5 Å². The summed E-state index contributed by atoms with van der Waals surface area (Å²) in [6, 6.07) is 5.27. The van der Waals surface area contributed by atoms with Crippen molar-refractivity contribution >= 4 is 28.9 Å². The van der Waals surface area contributed by atoms with Gasteiger partial charge in [-0.1, -0.05) is 28.4 Å². The van der Waals surface area contributed by atoms with Crippen LogP contribution in [0.3, 0.4) is 0 Å². The van der Waals surface area contributed by atoms with Gasteiger partial charge in [0.2, 0.25) is 0 Å². The highest BCUT2D eigenvalue weighted by Gasteiger charge is 2.26. The molecule has 128 valence electrons. The number of hydrogen-bond acceptors (Lipinski definition) is 5. The van der Waals surface area contributed by atoms with Crippen molar-refractivity contribution in [3.05, 3.63) is 57.0 Å².